The lowest BCUT2D eigenvalue weighted by Gasteiger charge is -2.19. The number of aryl methyl sites for hydroxylation is 1. The van der Waals surface area contributed by atoms with Gasteiger partial charge >= 0.3 is 0 Å². The lowest BCUT2D eigenvalue weighted by atomic mass is 10.1. The minimum atomic E-state index is -0.310. The molecule has 0 saturated heterocycles. The van der Waals surface area contributed by atoms with Gasteiger partial charge in [0.25, 0.3) is 5.56 Å². The van der Waals surface area contributed by atoms with E-state index in [1.54, 1.807) is 19.3 Å². The molecule has 2 aromatic heterocycles. The van der Waals surface area contributed by atoms with Gasteiger partial charge in [0.1, 0.15) is 6.54 Å². The van der Waals surface area contributed by atoms with Gasteiger partial charge in [-0.1, -0.05) is 30.3 Å². The lowest BCUT2D eigenvalue weighted by molar-refractivity contribution is -0.122. The maximum absolute atomic E-state index is 12.4. The fourth-order valence-electron chi connectivity index (χ4n) is 2.45. The van der Waals surface area contributed by atoms with Crippen LogP contribution in [0.15, 0.2) is 59.9 Å². The highest BCUT2D eigenvalue weighted by atomic mass is 16.2. The van der Waals surface area contributed by atoms with E-state index in [4.69, 9.17) is 0 Å². The predicted octanol–water partition coefficient (Wildman–Crippen LogP) is 0.701. The molecule has 8 heteroatoms. The van der Waals surface area contributed by atoms with Crippen molar-refractivity contribution >= 4 is 5.91 Å². The molecule has 0 saturated carbocycles. The molecule has 1 unspecified atom stereocenters. The zero-order chi connectivity index (χ0) is 17.6. The average Bonchev–Trinajstić information content (AvgIpc) is 3.11. The Morgan fingerprint density at radius 1 is 1.20 bits per heavy atom. The van der Waals surface area contributed by atoms with Crippen molar-refractivity contribution in [1.82, 2.24) is 29.9 Å². The molecule has 3 rings (SSSR count). The van der Waals surface area contributed by atoms with E-state index in [-0.39, 0.29) is 24.1 Å². The van der Waals surface area contributed by atoms with Gasteiger partial charge in [0, 0.05) is 11.8 Å². The summed E-state index contributed by atoms with van der Waals surface area (Å²) < 4.78 is 1.27. The number of carbonyl (C=O) groups excluding carboxylic acids is 1. The second-order valence-corrected chi connectivity index (χ2v) is 5.61. The fourth-order valence-corrected chi connectivity index (χ4v) is 2.45. The molecule has 0 spiro atoms. The van der Waals surface area contributed by atoms with Crippen LogP contribution in [-0.4, -0.2) is 30.5 Å². The summed E-state index contributed by atoms with van der Waals surface area (Å²) in [5, 5.41) is 11.1. The van der Waals surface area contributed by atoms with Crippen molar-refractivity contribution in [2.45, 2.75) is 26.1 Å². The summed E-state index contributed by atoms with van der Waals surface area (Å²) in [5.74, 6) is -0.284. The van der Waals surface area contributed by atoms with Crippen LogP contribution in [0.3, 0.4) is 0 Å². The molecule has 0 aliphatic rings. The van der Waals surface area contributed by atoms with Crippen LogP contribution in [0.25, 0.3) is 0 Å². The number of amides is 1. The van der Waals surface area contributed by atoms with Gasteiger partial charge in [-0.3, -0.25) is 14.2 Å². The molecular weight excluding hydrogens is 320 g/mol. The third kappa shape index (κ3) is 4.37. The van der Waals surface area contributed by atoms with Crippen LogP contribution in [0.2, 0.25) is 0 Å². The van der Waals surface area contributed by atoms with E-state index in [2.05, 4.69) is 20.5 Å². The normalized spacial score (nSPS) is 11.9. The molecule has 128 valence electrons. The van der Waals surface area contributed by atoms with Crippen molar-refractivity contribution in [1.29, 1.82) is 0 Å². The van der Waals surface area contributed by atoms with E-state index in [1.165, 1.54) is 21.8 Å². The van der Waals surface area contributed by atoms with Crippen LogP contribution in [-0.2, 0) is 17.9 Å². The number of nitrogens with one attached hydrogen (secondary N) is 1. The molecule has 1 aromatic carbocycles. The standard InChI is InChI=1S/C17H18N6O2/c1-13-9-17(25)22(12-18-13)11-16(24)21-15(10-23-19-7-8-20-23)14-5-3-2-4-6-14/h2-9,12,15H,10-11H2,1H3,(H,21,24). The van der Waals surface area contributed by atoms with Crippen molar-refractivity contribution in [3.63, 3.8) is 0 Å². The smallest absolute Gasteiger partial charge is 0.253 e. The highest BCUT2D eigenvalue weighted by Gasteiger charge is 2.16. The first-order valence-corrected chi connectivity index (χ1v) is 7.83. The predicted molar refractivity (Wildman–Crippen MR) is 90.6 cm³/mol. The monoisotopic (exact) mass is 338 g/mol. The summed E-state index contributed by atoms with van der Waals surface area (Å²) >= 11 is 0. The number of carbonyl (C=O) groups is 1. The summed E-state index contributed by atoms with van der Waals surface area (Å²) in [6.07, 6.45) is 4.55. The number of aromatic nitrogens is 5. The van der Waals surface area contributed by atoms with E-state index in [1.807, 2.05) is 30.3 Å². The van der Waals surface area contributed by atoms with Crippen LogP contribution in [0.5, 0.6) is 0 Å². The number of hydrogen-bond acceptors (Lipinski definition) is 5. The third-order valence-corrected chi connectivity index (χ3v) is 3.68. The van der Waals surface area contributed by atoms with E-state index < -0.39 is 0 Å². The van der Waals surface area contributed by atoms with Gasteiger partial charge in [0.2, 0.25) is 5.91 Å². The molecular formula is C17H18N6O2. The summed E-state index contributed by atoms with van der Waals surface area (Å²) in [4.78, 5) is 29.9. The Morgan fingerprint density at radius 3 is 2.60 bits per heavy atom. The highest BCUT2D eigenvalue weighted by Crippen LogP contribution is 2.14. The van der Waals surface area contributed by atoms with Crippen molar-refractivity contribution in [2.24, 2.45) is 0 Å². The largest absolute Gasteiger partial charge is 0.346 e. The number of rotatable bonds is 6. The molecule has 8 nitrogen and oxygen atoms in total. The molecule has 0 aliphatic heterocycles. The van der Waals surface area contributed by atoms with Gasteiger partial charge in [-0.15, -0.1) is 0 Å². The van der Waals surface area contributed by atoms with Crippen LogP contribution >= 0.6 is 0 Å². The van der Waals surface area contributed by atoms with E-state index >= 15 is 0 Å². The molecule has 0 radical (unpaired) electrons. The number of benzene rings is 1. The number of nitrogens with zero attached hydrogens (tertiary/aromatic N) is 5. The quantitative estimate of drug-likeness (QED) is 0.714. The minimum absolute atomic E-state index is 0.0953. The maximum Gasteiger partial charge on any atom is 0.253 e. The molecule has 25 heavy (non-hydrogen) atoms. The molecule has 2 heterocycles. The molecule has 1 atom stereocenters. The van der Waals surface area contributed by atoms with E-state index in [0.717, 1.165) is 5.56 Å². The summed E-state index contributed by atoms with van der Waals surface area (Å²) in [6, 6.07) is 10.7. The van der Waals surface area contributed by atoms with Gasteiger partial charge in [0.05, 0.1) is 31.3 Å². The Morgan fingerprint density at radius 2 is 1.92 bits per heavy atom. The van der Waals surface area contributed by atoms with Gasteiger partial charge in [-0.25, -0.2) is 4.98 Å². The van der Waals surface area contributed by atoms with E-state index in [0.29, 0.717) is 12.2 Å². The van der Waals surface area contributed by atoms with Gasteiger partial charge in [0.15, 0.2) is 0 Å². The first-order chi connectivity index (χ1) is 12.1. The Bertz CT molecular complexity index is 889. The van der Waals surface area contributed by atoms with E-state index in [9.17, 15) is 9.59 Å². The lowest BCUT2D eigenvalue weighted by Crippen LogP contribution is -2.36. The number of hydrogen-bond donors (Lipinski definition) is 1. The second kappa shape index (κ2) is 7.52. The van der Waals surface area contributed by atoms with Crippen molar-refractivity contribution in [3.05, 3.63) is 76.7 Å². The van der Waals surface area contributed by atoms with Crippen molar-refractivity contribution in [3.8, 4) is 0 Å². The van der Waals surface area contributed by atoms with Crippen LogP contribution in [0.4, 0.5) is 0 Å². The van der Waals surface area contributed by atoms with Crippen LogP contribution in [0, 0.1) is 6.92 Å². The van der Waals surface area contributed by atoms with Crippen molar-refractivity contribution < 1.29 is 4.79 Å². The maximum atomic E-state index is 12.4. The Labute approximate surface area is 144 Å². The molecule has 1 N–H and O–H groups in total. The molecule has 1 amide bonds. The summed E-state index contributed by atoms with van der Waals surface area (Å²) in [5.41, 5.74) is 1.30. The van der Waals surface area contributed by atoms with Gasteiger partial charge in [-0.2, -0.15) is 15.0 Å². The third-order valence-electron chi connectivity index (χ3n) is 3.68. The fraction of sp³-hybridized carbons (Fsp3) is 0.235. The SMILES string of the molecule is Cc1cc(=O)n(CC(=O)NC(Cn2nccn2)c2ccccc2)cn1. The Kier molecular flexibility index (Phi) is 4.98. The molecule has 0 fully saturated rings. The zero-order valence-corrected chi connectivity index (χ0v) is 13.7. The highest BCUT2D eigenvalue weighted by molar-refractivity contribution is 5.76. The molecule has 0 aliphatic carbocycles. The summed E-state index contributed by atoms with van der Waals surface area (Å²) in [7, 11) is 0. The Hall–Kier alpha value is -3.29. The van der Waals surface area contributed by atoms with Crippen molar-refractivity contribution in [2.75, 3.05) is 0 Å². The minimum Gasteiger partial charge on any atom is -0.346 e. The first-order valence-electron chi connectivity index (χ1n) is 7.83. The van der Waals surface area contributed by atoms with Gasteiger partial charge < -0.3 is 5.32 Å². The topological polar surface area (TPSA) is 94.7 Å². The molecule has 0 bridgehead atoms. The first kappa shape index (κ1) is 16.6. The average molecular weight is 338 g/mol. The van der Waals surface area contributed by atoms with Crippen LogP contribution < -0.4 is 10.9 Å². The van der Waals surface area contributed by atoms with Crippen LogP contribution in [0.1, 0.15) is 17.3 Å². The van der Waals surface area contributed by atoms with Gasteiger partial charge in [-0.05, 0) is 12.5 Å². The Balaban J connectivity index is 1.75. The second-order valence-electron chi connectivity index (χ2n) is 5.61. The molecule has 3 aromatic rings. The zero-order valence-electron chi connectivity index (χ0n) is 13.7. The summed E-state index contributed by atoms with van der Waals surface area (Å²) in [6.45, 7) is 2.03.